The normalized spacial score (nSPS) is 19.9. The van der Waals surface area contributed by atoms with Gasteiger partial charge in [0.25, 0.3) is 5.91 Å². The fourth-order valence-electron chi connectivity index (χ4n) is 2.12. The van der Waals surface area contributed by atoms with E-state index in [2.05, 4.69) is 10.6 Å². The van der Waals surface area contributed by atoms with Crippen LogP contribution in [0.4, 0.5) is 0 Å². The number of rotatable bonds is 5. The maximum absolute atomic E-state index is 12.2. The number of carbonyl (C=O) groups excluding carboxylic acids is 1. The van der Waals surface area contributed by atoms with E-state index in [0.29, 0.717) is 17.1 Å². The van der Waals surface area contributed by atoms with Crippen molar-refractivity contribution in [2.45, 2.75) is 28.9 Å². The van der Waals surface area contributed by atoms with Gasteiger partial charge in [-0.25, -0.2) is 0 Å². The quantitative estimate of drug-likeness (QED) is 0.602. The molecule has 1 aliphatic heterocycles. The number of carbonyl (C=O) groups is 1. The molecule has 0 bridgehead atoms. The second kappa shape index (κ2) is 8.04. The van der Waals surface area contributed by atoms with Crippen molar-refractivity contribution in [3.05, 3.63) is 34.9 Å². The van der Waals surface area contributed by atoms with Gasteiger partial charge in [-0.05, 0) is 37.1 Å². The van der Waals surface area contributed by atoms with E-state index >= 15 is 0 Å². The monoisotopic (exact) mass is 384 g/mol. The van der Waals surface area contributed by atoms with Crippen LogP contribution in [0.15, 0.2) is 24.3 Å². The molecule has 4 nitrogen and oxygen atoms in total. The second-order valence-corrected chi connectivity index (χ2v) is 7.80. The Labute approximate surface area is 149 Å². The molecule has 8 heteroatoms. The minimum atomic E-state index is -1.68. The third-order valence-electron chi connectivity index (χ3n) is 3.28. The molecule has 1 saturated heterocycles. The summed E-state index contributed by atoms with van der Waals surface area (Å²) >= 11 is 23.6. The Morgan fingerprint density at radius 3 is 2.55 bits per heavy atom. The van der Waals surface area contributed by atoms with E-state index in [0.717, 1.165) is 19.4 Å². The fourth-order valence-corrected chi connectivity index (χ4v) is 2.64. The first-order valence-corrected chi connectivity index (χ1v) is 8.35. The summed E-state index contributed by atoms with van der Waals surface area (Å²) in [6.45, 7) is 1.24. The molecule has 122 valence electrons. The zero-order chi connectivity index (χ0) is 16.2. The third kappa shape index (κ3) is 5.44. The first-order valence-electron chi connectivity index (χ1n) is 6.84. The fraction of sp³-hybridized carbons (Fsp3) is 0.500. The van der Waals surface area contributed by atoms with Crippen LogP contribution in [0.25, 0.3) is 0 Å². The van der Waals surface area contributed by atoms with E-state index < -0.39 is 9.96 Å². The highest BCUT2D eigenvalue weighted by atomic mass is 35.6. The van der Waals surface area contributed by atoms with Crippen LogP contribution in [0.5, 0.6) is 0 Å². The van der Waals surface area contributed by atoms with Gasteiger partial charge in [0.05, 0.1) is 6.10 Å². The molecule has 1 heterocycles. The largest absolute Gasteiger partial charge is 0.377 e. The van der Waals surface area contributed by atoms with Crippen molar-refractivity contribution in [3.8, 4) is 0 Å². The van der Waals surface area contributed by atoms with Crippen molar-refractivity contribution < 1.29 is 9.53 Å². The van der Waals surface area contributed by atoms with Crippen LogP contribution in [0, 0.1) is 0 Å². The summed E-state index contributed by atoms with van der Waals surface area (Å²) in [4.78, 5) is 12.2. The topological polar surface area (TPSA) is 50.4 Å². The van der Waals surface area contributed by atoms with Gasteiger partial charge in [0.2, 0.25) is 3.79 Å². The molecule has 22 heavy (non-hydrogen) atoms. The van der Waals surface area contributed by atoms with Gasteiger partial charge in [0, 0.05) is 23.7 Å². The van der Waals surface area contributed by atoms with Gasteiger partial charge < -0.3 is 10.1 Å². The Bertz CT molecular complexity index is 499. The summed E-state index contributed by atoms with van der Waals surface area (Å²) in [6.07, 6.45) is 1.21. The summed E-state index contributed by atoms with van der Waals surface area (Å²) in [5.41, 5.74) is 0.433. The van der Waals surface area contributed by atoms with E-state index in [4.69, 9.17) is 51.1 Å². The highest BCUT2D eigenvalue weighted by Crippen LogP contribution is 2.29. The molecule has 0 aliphatic carbocycles. The second-order valence-electron chi connectivity index (χ2n) is 5.00. The number of ether oxygens (including phenoxy) is 1. The maximum Gasteiger partial charge on any atom is 0.252 e. The lowest BCUT2D eigenvalue weighted by Gasteiger charge is -2.27. The van der Waals surface area contributed by atoms with Crippen molar-refractivity contribution in [1.29, 1.82) is 0 Å². The van der Waals surface area contributed by atoms with Crippen molar-refractivity contribution in [2.24, 2.45) is 0 Å². The van der Waals surface area contributed by atoms with Gasteiger partial charge in [-0.2, -0.15) is 0 Å². The summed E-state index contributed by atoms with van der Waals surface area (Å²) < 4.78 is 3.82. The SMILES string of the molecule is O=C(N[C@@H](NC[C@H]1CCCO1)C(Cl)(Cl)Cl)c1ccc(Cl)cc1. The van der Waals surface area contributed by atoms with Gasteiger partial charge in [-0.3, -0.25) is 10.1 Å². The highest BCUT2D eigenvalue weighted by Gasteiger charge is 2.34. The summed E-state index contributed by atoms with van der Waals surface area (Å²) in [5.74, 6) is -0.354. The number of halogens is 4. The van der Waals surface area contributed by atoms with Gasteiger partial charge >= 0.3 is 0 Å². The number of benzene rings is 1. The molecule has 2 atom stereocenters. The van der Waals surface area contributed by atoms with Gasteiger partial charge in [-0.15, -0.1) is 0 Å². The van der Waals surface area contributed by atoms with Crippen LogP contribution in [0.2, 0.25) is 5.02 Å². The first kappa shape index (κ1) is 18.1. The molecule has 0 aromatic heterocycles. The molecule has 0 spiro atoms. The van der Waals surface area contributed by atoms with Crippen molar-refractivity contribution >= 4 is 52.3 Å². The third-order valence-corrected chi connectivity index (χ3v) is 4.19. The number of alkyl halides is 3. The molecule has 1 aliphatic rings. The van der Waals surface area contributed by atoms with Gasteiger partial charge in [0.1, 0.15) is 6.17 Å². The van der Waals surface area contributed by atoms with Crippen LogP contribution in [0.1, 0.15) is 23.2 Å². The molecule has 2 N–H and O–H groups in total. The highest BCUT2D eigenvalue weighted by molar-refractivity contribution is 6.68. The molecule has 1 aromatic carbocycles. The molecular weight excluding hydrogens is 370 g/mol. The average Bonchev–Trinajstić information content (AvgIpc) is 2.96. The summed E-state index contributed by atoms with van der Waals surface area (Å²) in [5, 5.41) is 6.25. The Hall–Kier alpha value is -0.230. The van der Waals surface area contributed by atoms with E-state index in [1.165, 1.54) is 0 Å². The molecule has 0 unspecified atom stereocenters. The Morgan fingerprint density at radius 1 is 1.32 bits per heavy atom. The van der Waals surface area contributed by atoms with E-state index in [-0.39, 0.29) is 12.0 Å². The van der Waals surface area contributed by atoms with Crippen LogP contribution in [0.3, 0.4) is 0 Å². The molecular formula is C14H16Cl4N2O2. The zero-order valence-electron chi connectivity index (χ0n) is 11.6. The molecule has 0 saturated carbocycles. The molecule has 1 aromatic rings. The Morgan fingerprint density at radius 2 is 2.00 bits per heavy atom. The van der Waals surface area contributed by atoms with Gasteiger partial charge in [0.15, 0.2) is 0 Å². The lowest BCUT2D eigenvalue weighted by Crippen LogP contribution is -2.54. The summed E-state index contributed by atoms with van der Waals surface area (Å²) in [7, 11) is 0. The number of nitrogens with one attached hydrogen (secondary N) is 2. The Balaban J connectivity index is 1.96. The molecule has 1 fully saturated rings. The minimum absolute atomic E-state index is 0.0716. The number of hydrogen-bond donors (Lipinski definition) is 2. The molecule has 2 rings (SSSR count). The number of amides is 1. The van der Waals surface area contributed by atoms with Crippen LogP contribution in [-0.4, -0.2) is 35.1 Å². The minimum Gasteiger partial charge on any atom is -0.377 e. The van der Waals surface area contributed by atoms with Crippen LogP contribution in [-0.2, 0) is 4.74 Å². The van der Waals surface area contributed by atoms with Crippen molar-refractivity contribution in [1.82, 2.24) is 10.6 Å². The average molecular weight is 386 g/mol. The number of hydrogen-bond acceptors (Lipinski definition) is 3. The first-order chi connectivity index (χ1) is 10.4. The molecule has 1 amide bonds. The standard InChI is InChI=1S/C14H16Cl4N2O2/c15-10-5-3-9(4-6-10)12(21)20-13(14(16,17)18)19-8-11-2-1-7-22-11/h3-6,11,13,19H,1-2,7-8H2,(H,20,21)/t11-,13-/m1/s1. The van der Waals surface area contributed by atoms with Crippen molar-refractivity contribution in [2.75, 3.05) is 13.2 Å². The zero-order valence-corrected chi connectivity index (χ0v) is 14.6. The lowest BCUT2D eigenvalue weighted by molar-refractivity contribution is 0.0897. The van der Waals surface area contributed by atoms with Crippen LogP contribution < -0.4 is 10.6 Å². The Kier molecular flexibility index (Phi) is 6.62. The van der Waals surface area contributed by atoms with E-state index in [1.54, 1.807) is 24.3 Å². The smallest absolute Gasteiger partial charge is 0.252 e. The van der Waals surface area contributed by atoms with E-state index in [1.807, 2.05) is 0 Å². The van der Waals surface area contributed by atoms with Crippen molar-refractivity contribution in [3.63, 3.8) is 0 Å². The summed E-state index contributed by atoms with van der Waals surface area (Å²) in [6, 6.07) is 6.46. The predicted octanol–water partition coefficient (Wildman–Crippen LogP) is 3.53. The van der Waals surface area contributed by atoms with E-state index in [9.17, 15) is 4.79 Å². The van der Waals surface area contributed by atoms with Gasteiger partial charge in [-0.1, -0.05) is 46.4 Å². The maximum atomic E-state index is 12.2. The van der Waals surface area contributed by atoms with Crippen LogP contribution >= 0.6 is 46.4 Å². The predicted molar refractivity (Wildman–Crippen MR) is 90.0 cm³/mol. The lowest BCUT2D eigenvalue weighted by atomic mass is 10.2. The molecule has 0 radical (unpaired) electrons.